The second-order valence-electron chi connectivity index (χ2n) is 4.06. The number of phenolic OH excluding ortho intramolecular Hbond substituents is 1. The van der Waals surface area contributed by atoms with E-state index in [0.29, 0.717) is 12.2 Å². The Morgan fingerprint density at radius 3 is 2.32 bits per heavy atom. The number of hydrogen-bond donors (Lipinski definition) is 2. The maximum Gasteiger partial charge on any atom is 0.263 e. The van der Waals surface area contributed by atoms with E-state index in [2.05, 4.69) is 5.32 Å². The van der Waals surface area contributed by atoms with Gasteiger partial charge in [-0.3, -0.25) is 0 Å². The molecule has 0 amide bonds. The van der Waals surface area contributed by atoms with Crippen LogP contribution in [0.5, 0.6) is 5.75 Å². The van der Waals surface area contributed by atoms with Gasteiger partial charge in [0.1, 0.15) is 0 Å². The number of benzene rings is 2. The first-order valence-electron chi connectivity index (χ1n) is 5.65. The van der Waals surface area contributed by atoms with E-state index in [0.717, 1.165) is 5.56 Å². The first-order valence-corrected chi connectivity index (χ1v) is 5.65. The number of halogens is 3. The van der Waals surface area contributed by atoms with Crippen molar-refractivity contribution in [3.63, 3.8) is 0 Å². The second-order valence-corrected chi connectivity index (χ2v) is 4.06. The molecule has 0 unspecified atom stereocenters. The summed E-state index contributed by atoms with van der Waals surface area (Å²) >= 11 is 0. The minimum atomic E-state index is -2.48. The molecule has 0 spiro atoms. The summed E-state index contributed by atoms with van der Waals surface area (Å²) in [5.74, 6) is -1.12. The Hall–Kier alpha value is -2.17. The molecule has 0 saturated carbocycles. The molecule has 0 aliphatic rings. The molecule has 0 heterocycles. The van der Waals surface area contributed by atoms with Gasteiger partial charge in [-0.15, -0.1) is 0 Å². The van der Waals surface area contributed by atoms with Crippen molar-refractivity contribution in [2.45, 2.75) is 13.0 Å². The molecule has 2 nitrogen and oxygen atoms in total. The minimum absolute atomic E-state index is 0.0283. The van der Waals surface area contributed by atoms with Crippen molar-refractivity contribution >= 4 is 5.69 Å². The van der Waals surface area contributed by atoms with E-state index in [1.54, 1.807) is 12.1 Å². The lowest BCUT2D eigenvalue weighted by molar-refractivity contribution is 0.151. The molecule has 2 N–H and O–H groups in total. The van der Waals surface area contributed by atoms with Crippen LogP contribution < -0.4 is 5.32 Å². The normalized spacial score (nSPS) is 10.7. The van der Waals surface area contributed by atoms with Gasteiger partial charge < -0.3 is 10.4 Å². The monoisotopic (exact) mass is 267 g/mol. The average Bonchev–Trinajstić information content (AvgIpc) is 2.40. The van der Waals surface area contributed by atoms with Crippen molar-refractivity contribution in [3.05, 3.63) is 59.4 Å². The minimum Gasteiger partial charge on any atom is -0.505 e. The zero-order chi connectivity index (χ0) is 13.8. The van der Waals surface area contributed by atoms with Gasteiger partial charge in [-0.05, 0) is 17.7 Å². The van der Waals surface area contributed by atoms with Crippen LogP contribution >= 0.6 is 0 Å². The molecule has 0 aliphatic heterocycles. The van der Waals surface area contributed by atoms with Crippen LogP contribution in [0.25, 0.3) is 0 Å². The molecule has 2 rings (SSSR count). The fourth-order valence-electron chi connectivity index (χ4n) is 1.60. The van der Waals surface area contributed by atoms with Gasteiger partial charge in [0.25, 0.3) is 6.43 Å². The van der Waals surface area contributed by atoms with Gasteiger partial charge in [0.05, 0.1) is 0 Å². The van der Waals surface area contributed by atoms with Gasteiger partial charge >= 0.3 is 0 Å². The number of nitrogens with one attached hydrogen (secondary N) is 1. The Bertz CT molecular complexity index is 555. The highest BCUT2D eigenvalue weighted by Crippen LogP contribution is 2.21. The third-order valence-electron chi connectivity index (χ3n) is 2.68. The molecule has 2 aromatic carbocycles. The quantitative estimate of drug-likeness (QED) is 0.818. The Labute approximate surface area is 108 Å². The summed E-state index contributed by atoms with van der Waals surface area (Å²) in [6, 6.07) is 9.85. The first-order chi connectivity index (χ1) is 9.06. The highest BCUT2D eigenvalue weighted by molar-refractivity contribution is 5.47. The molecule has 19 heavy (non-hydrogen) atoms. The summed E-state index contributed by atoms with van der Waals surface area (Å²) in [6.07, 6.45) is -2.48. The molecular formula is C14H12F3NO. The van der Waals surface area contributed by atoms with E-state index in [9.17, 15) is 13.2 Å². The molecule has 0 atom stereocenters. The van der Waals surface area contributed by atoms with E-state index >= 15 is 0 Å². The lowest BCUT2D eigenvalue weighted by atomic mass is 10.1. The molecule has 0 aromatic heterocycles. The summed E-state index contributed by atoms with van der Waals surface area (Å²) < 4.78 is 37.8. The summed E-state index contributed by atoms with van der Waals surface area (Å²) in [6.45, 7) is 0.383. The van der Waals surface area contributed by atoms with Crippen LogP contribution in [0, 0.1) is 5.82 Å². The number of hydrogen-bond acceptors (Lipinski definition) is 2. The third-order valence-corrected chi connectivity index (χ3v) is 2.68. The van der Waals surface area contributed by atoms with Crippen LogP contribution in [0.2, 0.25) is 0 Å². The highest BCUT2D eigenvalue weighted by Gasteiger charge is 2.06. The largest absolute Gasteiger partial charge is 0.505 e. The van der Waals surface area contributed by atoms with Crippen molar-refractivity contribution in [2.75, 3.05) is 5.32 Å². The predicted molar refractivity (Wildman–Crippen MR) is 66.8 cm³/mol. The fourth-order valence-corrected chi connectivity index (χ4v) is 1.60. The molecule has 0 radical (unpaired) electrons. The topological polar surface area (TPSA) is 32.3 Å². The zero-order valence-corrected chi connectivity index (χ0v) is 9.91. The molecule has 5 heteroatoms. The predicted octanol–water partition coefficient (Wildman–Crippen LogP) is 4.08. The standard InChI is InChI=1S/C14H12F3NO/c15-12-7-11(5-6-13(12)19)18-8-9-1-3-10(4-2-9)14(16)17/h1-7,14,18-19H,8H2. The van der Waals surface area contributed by atoms with E-state index in [4.69, 9.17) is 5.11 Å². The van der Waals surface area contributed by atoms with Crippen molar-refractivity contribution in [2.24, 2.45) is 0 Å². The van der Waals surface area contributed by atoms with Gasteiger partial charge in [0, 0.05) is 23.9 Å². The van der Waals surface area contributed by atoms with Crippen LogP contribution in [0.4, 0.5) is 18.9 Å². The number of aromatic hydroxyl groups is 1. The van der Waals surface area contributed by atoms with E-state index in [-0.39, 0.29) is 5.56 Å². The van der Waals surface area contributed by atoms with Gasteiger partial charge in [0.2, 0.25) is 0 Å². The first kappa shape index (κ1) is 13.3. The summed E-state index contributed by atoms with van der Waals surface area (Å²) in [5, 5.41) is 12.0. The summed E-state index contributed by atoms with van der Waals surface area (Å²) in [4.78, 5) is 0. The van der Waals surface area contributed by atoms with Gasteiger partial charge in [0.15, 0.2) is 11.6 Å². The SMILES string of the molecule is Oc1ccc(NCc2ccc(C(F)F)cc2)cc1F. The maximum atomic E-state index is 13.1. The third kappa shape index (κ3) is 3.40. The zero-order valence-electron chi connectivity index (χ0n) is 9.91. The van der Waals surface area contributed by atoms with Gasteiger partial charge in [-0.2, -0.15) is 0 Å². The van der Waals surface area contributed by atoms with Crippen molar-refractivity contribution in [1.29, 1.82) is 0 Å². The van der Waals surface area contributed by atoms with E-state index in [1.165, 1.54) is 30.3 Å². The van der Waals surface area contributed by atoms with Crippen LogP contribution in [0.1, 0.15) is 17.6 Å². The summed E-state index contributed by atoms with van der Waals surface area (Å²) in [5.41, 5.74) is 1.28. The molecule has 0 aliphatic carbocycles. The van der Waals surface area contributed by atoms with Crippen LogP contribution in [-0.4, -0.2) is 5.11 Å². The van der Waals surface area contributed by atoms with Crippen molar-refractivity contribution in [1.82, 2.24) is 0 Å². The van der Waals surface area contributed by atoms with Crippen molar-refractivity contribution < 1.29 is 18.3 Å². The molecule has 0 fully saturated rings. The smallest absolute Gasteiger partial charge is 0.263 e. The number of alkyl halides is 2. The molecule has 2 aromatic rings. The second kappa shape index (κ2) is 5.65. The van der Waals surface area contributed by atoms with E-state index < -0.39 is 18.0 Å². The number of anilines is 1. The van der Waals surface area contributed by atoms with E-state index in [1.807, 2.05) is 0 Å². The van der Waals surface area contributed by atoms with Crippen molar-refractivity contribution in [3.8, 4) is 5.75 Å². The van der Waals surface area contributed by atoms with Gasteiger partial charge in [-0.25, -0.2) is 13.2 Å². The average molecular weight is 267 g/mol. The Morgan fingerprint density at radius 1 is 1.05 bits per heavy atom. The Morgan fingerprint density at radius 2 is 1.74 bits per heavy atom. The molecular weight excluding hydrogens is 255 g/mol. The lowest BCUT2D eigenvalue weighted by Gasteiger charge is -2.08. The van der Waals surface area contributed by atoms with Crippen LogP contribution in [0.15, 0.2) is 42.5 Å². The Balaban J connectivity index is 2.00. The van der Waals surface area contributed by atoms with Gasteiger partial charge in [-0.1, -0.05) is 24.3 Å². The molecule has 0 bridgehead atoms. The maximum absolute atomic E-state index is 13.1. The highest BCUT2D eigenvalue weighted by atomic mass is 19.3. The molecule has 100 valence electrons. The number of phenols is 1. The Kier molecular flexibility index (Phi) is 3.94. The van der Waals surface area contributed by atoms with Crippen LogP contribution in [-0.2, 0) is 6.54 Å². The van der Waals surface area contributed by atoms with Crippen LogP contribution in [0.3, 0.4) is 0 Å². The number of rotatable bonds is 4. The molecule has 0 saturated heterocycles. The lowest BCUT2D eigenvalue weighted by Crippen LogP contribution is -2.00. The fraction of sp³-hybridized carbons (Fsp3) is 0.143. The summed E-state index contributed by atoms with van der Waals surface area (Å²) in [7, 11) is 0.